The third kappa shape index (κ3) is 2.91. The van der Waals surface area contributed by atoms with Gasteiger partial charge in [0.25, 0.3) is 5.91 Å². The van der Waals surface area contributed by atoms with Gasteiger partial charge in [-0.25, -0.2) is 9.67 Å². The molecule has 0 aliphatic carbocycles. The molecule has 0 bridgehead atoms. The molecule has 8 heteroatoms. The number of carbonyl (C=O) groups is 1. The summed E-state index contributed by atoms with van der Waals surface area (Å²) in [6.45, 7) is 1.80. The summed E-state index contributed by atoms with van der Waals surface area (Å²) in [7, 11) is 0. The Morgan fingerprint density at radius 2 is 2.04 bits per heavy atom. The van der Waals surface area contributed by atoms with Crippen LogP contribution in [0.25, 0.3) is 16.7 Å². The Balaban J connectivity index is 1.62. The maximum atomic E-state index is 12.5. The number of aromatic amines is 1. The molecule has 4 rings (SSSR count). The number of hydrogen-bond acceptors (Lipinski definition) is 4. The molecule has 124 valence electrons. The quantitative estimate of drug-likeness (QED) is 0.554. The largest absolute Gasteiger partial charge is 0.324 e. The van der Waals surface area contributed by atoms with Crippen LogP contribution in [-0.4, -0.2) is 30.9 Å². The predicted molar refractivity (Wildman–Crippen MR) is 97.8 cm³/mol. The third-order valence-corrected chi connectivity index (χ3v) is 4.28. The summed E-state index contributed by atoms with van der Waals surface area (Å²) in [5, 5.41) is 10.8. The molecule has 0 unspecified atom stereocenters. The van der Waals surface area contributed by atoms with Gasteiger partial charge in [-0.3, -0.25) is 10.1 Å². The molecule has 0 spiro atoms. The first-order valence-corrected chi connectivity index (χ1v) is 8.35. The monoisotopic (exact) mass is 396 g/mol. The van der Waals surface area contributed by atoms with Crippen molar-refractivity contribution in [3.8, 4) is 5.69 Å². The van der Waals surface area contributed by atoms with Crippen LogP contribution in [0.2, 0.25) is 0 Å². The number of rotatable bonds is 3. The Bertz CT molecular complexity index is 1050. The fourth-order valence-electron chi connectivity index (χ4n) is 2.57. The Morgan fingerprint density at radius 1 is 1.20 bits per heavy atom. The Morgan fingerprint density at radius 3 is 2.84 bits per heavy atom. The number of nitrogens with zero attached hydrogens (tertiary/aromatic N) is 4. The van der Waals surface area contributed by atoms with E-state index < -0.39 is 0 Å². The molecule has 0 fully saturated rings. The van der Waals surface area contributed by atoms with Gasteiger partial charge in [0.2, 0.25) is 5.95 Å². The smallest absolute Gasteiger partial charge is 0.280 e. The van der Waals surface area contributed by atoms with Gasteiger partial charge >= 0.3 is 0 Å². The molecular weight excluding hydrogens is 384 g/mol. The minimum Gasteiger partial charge on any atom is -0.324 e. The standard InChI is InChI=1S/C17H13BrN6O/c1-10-15(22-23-24(10)12-6-4-5-11(18)9-12)16(25)21-17-19-13-7-2-3-8-14(13)20-17/h2-9H,1H3,(H2,19,20,21,25). The number of anilines is 1. The number of carbonyl (C=O) groups excluding carboxylic acids is 1. The van der Waals surface area contributed by atoms with E-state index in [1.54, 1.807) is 11.6 Å². The summed E-state index contributed by atoms with van der Waals surface area (Å²) in [4.78, 5) is 19.9. The highest BCUT2D eigenvalue weighted by molar-refractivity contribution is 9.10. The van der Waals surface area contributed by atoms with Gasteiger partial charge in [0, 0.05) is 4.47 Å². The summed E-state index contributed by atoms with van der Waals surface area (Å²) in [5.41, 5.74) is 3.36. The second-order valence-corrected chi connectivity index (χ2v) is 6.39. The molecule has 0 saturated carbocycles. The molecular formula is C17H13BrN6O. The normalized spacial score (nSPS) is 11.0. The molecule has 2 N–H and O–H groups in total. The van der Waals surface area contributed by atoms with Crippen LogP contribution in [0.4, 0.5) is 5.95 Å². The number of hydrogen-bond donors (Lipinski definition) is 2. The molecule has 0 saturated heterocycles. The number of amides is 1. The van der Waals surface area contributed by atoms with E-state index in [0.717, 1.165) is 21.2 Å². The zero-order valence-electron chi connectivity index (χ0n) is 13.2. The van der Waals surface area contributed by atoms with Gasteiger partial charge < -0.3 is 4.98 Å². The molecule has 25 heavy (non-hydrogen) atoms. The van der Waals surface area contributed by atoms with Crippen molar-refractivity contribution in [2.75, 3.05) is 5.32 Å². The predicted octanol–water partition coefficient (Wildman–Crippen LogP) is 3.47. The minimum absolute atomic E-state index is 0.250. The highest BCUT2D eigenvalue weighted by Gasteiger charge is 2.18. The van der Waals surface area contributed by atoms with Crippen molar-refractivity contribution < 1.29 is 4.79 Å². The van der Waals surface area contributed by atoms with Crippen LogP contribution in [0.3, 0.4) is 0 Å². The summed E-state index contributed by atoms with van der Waals surface area (Å²) in [6.07, 6.45) is 0. The summed E-state index contributed by atoms with van der Waals surface area (Å²) >= 11 is 3.43. The fraction of sp³-hybridized carbons (Fsp3) is 0.0588. The highest BCUT2D eigenvalue weighted by atomic mass is 79.9. The number of halogens is 1. The van der Waals surface area contributed by atoms with Crippen LogP contribution >= 0.6 is 15.9 Å². The lowest BCUT2D eigenvalue weighted by Gasteiger charge is -2.04. The summed E-state index contributed by atoms with van der Waals surface area (Å²) in [5.74, 6) is 0.0143. The first-order chi connectivity index (χ1) is 12.1. The number of aromatic nitrogens is 5. The zero-order valence-corrected chi connectivity index (χ0v) is 14.8. The number of benzene rings is 2. The average molecular weight is 397 g/mol. The van der Waals surface area contributed by atoms with E-state index in [1.165, 1.54) is 0 Å². The number of imidazole rings is 1. The first kappa shape index (κ1) is 15.5. The summed E-state index contributed by atoms with van der Waals surface area (Å²) in [6, 6.07) is 15.2. The van der Waals surface area contributed by atoms with E-state index >= 15 is 0 Å². The molecule has 0 radical (unpaired) electrons. The minimum atomic E-state index is -0.363. The molecule has 2 heterocycles. The molecule has 0 atom stereocenters. The molecule has 0 aliphatic heterocycles. The lowest BCUT2D eigenvalue weighted by molar-refractivity contribution is 0.102. The maximum absolute atomic E-state index is 12.5. The van der Waals surface area contributed by atoms with Crippen LogP contribution in [0.5, 0.6) is 0 Å². The number of nitrogens with one attached hydrogen (secondary N) is 2. The molecule has 4 aromatic rings. The van der Waals surface area contributed by atoms with Crippen molar-refractivity contribution in [2.45, 2.75) is 6.92 Å². The van der Waals surface area contributed by atoms with Gasteiger partial charge in [0.05, 0.1) is 22.4 Å². The summed E-state index contributed by atoms with van der Waals surface area (Å²) < 4.78 is 2.55. The SMILES string of the molecule is Cc1c(C(=O)Nc2nc3ccccc3[nH]2)nnn1-c1cccc(Br)c1. The first-order valence-electron chi connectivity index (χ1n) is 7.56. The van der Waals surface area contributed by atoms with Crippen molar-refractivity contribution >= 4 is 38.8 Å². The number of fused-ring (bicyclic) bond motifs is 1. The highest BCUT2D eigenvalue weighted by Crippen LogP contribution is 2.18. The maximum Gasteiger partial charge on any atom is 0.280 e. The van der Waals surface area contributed by atoms with Gasteiger partial charge in [0.1, 0.15) is 0 Å². The Kier molecular flexibility index (Phi) is 3.81. The van der Waals surface area contributed by atoms with E-state index in [0.29, 0.717) is 11.6 Å². The van der Waals surface area contributed by atoms with Crippen LogP contribution in [-0.2, 0) is 0 Å². The van der Waals surface area contributed by atoms with Gasteiger partial charge in [-0.2, -0.15) is 0 Å². The molecule has 7 nitrogen and oxygen atoms in total. The van der Waals surface area contributed by atoms with E-state index in [-0.39, 0.29) is 11.6 Å². The Labute approximate surface area is 151 Å². The van der Waals surface area contributed by atoms with Crippen molar-refractivity contribution in [3.05, 3.63) is 64.4 Å². The average Bonchev–Trinajstić information content (AvgIpc) is 3.17. The van der Waals surface area contributed by atoms with E-state index in [9.17, 15) is 4.79 Å². The van der Waals surface area contributed by atoms with Crippen molar-refractivity contribution in [2.24, 2.45) is 0 Å². The van der Waals surface area contributed by atoms with Crippen LogP contribution in [0, 0.1) is 6.92 Å². The molecule has 2 aromatic carbocycles. The zero-order chi connectivity index (χ0) is 17.4. The van der Waals surface area contributed by atoms with Crippen molar-refractivity contribution in [3.63, 3.8) is 0 Å². The van der Waals surface area contributed by atoms with Gasteiger partial charge in [-0.05, 0) is 37.3 Å². The third-order valence-electron chi connectivity index (χ3n) is 3.78. The van der Waals surface area contributed by atoms with E-state index in [4.69, 9.17) is 0 Å². The van der Waals surface area contributed by atoms with Crippen molar-refractivity contribution in [1.82, 2.24) is 25.0 Å². The lowest BCUT2D eigenvalue weighted by Crippen LogP contribution is -2.15. The van der Waals surface area contributed by atoms with E-state index in [2.05, 4.69) is 41.5 Å². The van der Waals surface area contributed by atoms with E-state index in [1.807, 2.05) is 48.5 Å². The Hall–Kier alpha value is -3.00. The molecule has 0 aliphatic rings. The van der Waals surface area contributed by atoms with Gasteiger partial charge in [-0.15, -0.1) is 5.10 Å². The second-order valence-electron chi connectivity index (χ2n) is 5.47. The van der Waals surface area contributed by atoms with Crippen LogP contribution in [0.15, 0.2) is 53.0 Å². The van der Waals surface area contributed by atoms with Crippen molar-refractivity contribution in [1.29, 1.82) is 0 Å². The van der Waals surface area contributed by atoms with Crippen LogP contribution in [0.1, 0.15) is 16.2 Å². The van der Waals surface area contributed by atoms with Gasteiger partial charge in [0.15, 0.2) is 5.69 Å². The second kappa shape index (κ2) is 6.14. The fourth-order valence-corrected chi connectivity index (χ4v) is 2.96. The topological polar surface area (TPSA) is 88.5 Å². The van der Waals surface area contributed by atoms with Gasteiger partial charge in [-0.1, -0.05) is 39.3 Å². The molecule has 1 amide bonds. The van der Waals surface area contributed by atoms with Crippen LogP contribution < -0.4 is 5.32 Å². The lowest BCUT2D eigenvalue weighted by atomic mass is 10.3. The molecule has 2 aromatic heterocycles. The number of para-hydroxylation sites is 2. The number of H-pyrrole nitrogens is 1.